The molecule has 0 saturated carbocycles. The van der Waals surface area contributed by atoms with Crippen molar-refractivity contribution in [2.45, 2.75) is 6.42 Å². The number of hydrogen-bond donors (Lipinski definition) is 2. The van der Waals surface area contributed by atoms with Gasteiger partial charge in [0.2, 0.25) is 0 Å². The smallest absolute Gasteiger partial charge is 0.115 e. The van der Waals surface area contributed by atoms with Crippen LogP contribution < -0.4 is 11.3 Å². The minimum atomic E-state index is 0.681. The predicted molar refractivity (Wildman–Crippen MR) is 75.6 cm³/mol. The largest absolute Gasteiger partial charge is 0.331 e. The zero-order valence-electron chi connectivity index (χ0n) is 10.7. The molecule has 5 heteroatoms. The van der Waals surface area contributed by atoms with Gasteiger partial charge in [-0.05, 0) is 24.3 Å². The number of aromatic nitrogens is 3. The molecule has 96 valence electrons. The van der Waals surface area contributed by atoms with Gasteiger partial charge in [0.1, 0.15) is 5.82 Å². The van der Waals surface area contributed by atoms with Crippen LogP contribution in [0, 0.1) is 0 Å². The van der Waals surface area contributed by atoms with Crippen LogP contribution in [0.15, 0.2) is 42.6 Å². The summed E-state index contributed by atoms with van der Waals surface area (Å²) in [6.07, 6.45) is 2.42. The van der Waals surface area contributed by atoms with Crippen molar-refractivity contribution in [3.63, 3.8) is 0 Å². The summed E-state index contributed by atoms with van der Waals surface area (Å²) in [5.41, 5.74) is 6.55. The van der Waals surface area contributed by atoms with E-state index in [-0.39, 0.29) is 0 Å². The van der Waals surface area contributed by atoms with Crippen LogP contribution in [0.4, 0.5) is 5.69 Å². The number of para-hydroxylation sites is 2. The first-order valence-electron chi connectivity index (χ1n) is 6.10. The Morgan fingerprint density at radius 1 is 1.26 bits per heavy atom. The average molecular weight is 253 g/mol. The molecule has 0 aliphatic carbocycles. The third-order valence-corrected chi connectivity index (χ3v) is 3.20. The van der Waals surface area contributed by atoms with E-state index in [1.54, 1.807) is 6.20 Å². The number of fused-ring (bicyclic) bond motifs is 1. The summed E-state index contributed by atoms with van der Waals surface area (Å²) in [5, 5.41) is 0. The maximum atomic E-state index is 5.40. The number of benzene rings is 1. The molecule has 0 unspecified atom stereocenters. The van der Waals surface area contributed by atoms with Crippen molar-refractivity contribution in [1.29, 1.82) is 0 Å². The summed E-state index contributed by atoms with van der Waals surface area (Å²) >= 11 is 0. The van der Waals surface area contributed by atoms with Gasteiger partial charge in [-0.2, -0.15) is 0 Å². The number of nitrogens with zero attached hydrogens (tertiary/aromatic N) is 3. The Morgan fingerprint density at radius 3 is 2.89 bits per heavy atom. The van der Waals surface area contributed by atoms with E-state index in [1.165, 1.54) is 0 Å². The van der Waals surface area contributed by atoms with Gasteiger partial charge in [-0.25, -0.2) is 4.98 Å². The van der Waals surface area contributed by atoms with Crippen LogP contribution >= 0.6 is 0 Å². The Kier molecular flexibility index (Phi) is 2.89. The van der Waals surface area contributed by atoms with Gasteiger partial charge in [0.25, 0.3) is 0 Å². The molecule has 19 heavy (non-hydrogen) atoms. The van der Waals surface area contributed by atoms with Crippen LogP contribution in [0.1, 0.15) is 11.5 Å². The molecule has 0 aliphatic heterocycles. The zero-order valence-corrected chi connectivity index (χ0v) is 10.7. The second-order valence-electron chi connectivity index (χ2n) is 4.43. The number of imidazole rings is 1. The van der Waals surface area contributed by atoms with Gasteiger partial charge in [-0.15, -0.1) is 0 Å². The second-order valence-corrected chi connectivity index (χ2v) is 4.43. The van der Waals surface area contributed by atoms with E-state index in [0.717, 1.165) is 28.2 Å². The second kappa shape index (κ2) is 4.70. The summed E-state index contributed by atoms with van der Waals surface area (Å²) in [5.74, 6) is 6.39. The molecular formula is C14H15N5. The Labute approximate surface area is 111 Å². The van der Waals surface area contributed by atoms with Crippen LogP contribution in [0.25, 0.3) is 11.0 Å². The molecule has 0 atom stereocenters. The first-order valence-corrected chi connectivity index (χ1v) is 6.10. The standard InChI is InChI=1S/C14H15N5/c1-19-13-5-3-2-4-12(13)17-14(19)9-11-8-10(18-15)6-7-16-11/h2-8H,9,15H2,1H3,(H,16,18). The van der Waals surface area contributed by atoms with Crippen LogP contribution in [0.2, 0.25) is 0 Å². The van der Waals surface area contributed by atoms with Gasteiger partial charge in [0.15, 0.2) is 0 Å². The van der Waals surface area contributed by atoms with Crippen molar-refractivity contribution in [3.8, 4) is 0 Å². The molecule has 2 heterocycles. The van der Waals surface area contributed by atoms with Gasteiger partial charge in [-0.1, -0.05) is 12.1 Å². The lowest BCUT2D eigenvalue weighted by atomic mass is 10.2. The molecule has 5 nitrogen and oxygen atoms in total. The molecule has 3 rings (SSSR count). The molecule has 0 fully saturated rings. The third-order valence-electron chi connectivity index (χ3n) is 3.20. The molecule has 0 aliphatic rings. The molecule has 1 aromatic carbocycles. The topological polar surface area (TPSA) is 68.8 Å². The van der Waals surface area contributed by atoms with Gasteiger partial charge in [-0.3, -0.25) is 10.8 Å². The first-order chi connectivity index (χ1) is 9.28. The Hall–Kier alpha value is -2.40. The lowest BCUT2D eigenvalue weighted by Crippen LogP contribution is -2.08. The molecule has 3 aromatic rings. The number of pyridine rings is 1. The fourth-order valence-corrected chi connectivity index (χ4v) is 2.18. The molecular weight excluding hydrogens is 238 g/mol. The molecule has 0 saturated heterocycles. The SMILES string of the molecule is Cn1c(Cc2cc(NN)ccn2)nc2ccccc21. The fraction of sp³-hybridized carbons (Fsp3) is 0.143. The van der Waals surface area contributed by atoms with E-state index in [4.69, 9.17) is 5.84 Å². The maximum Gasteiger partial charge on any atom is 0.115 e. The van der Waals surface area contributed by atoms with E-state index in [0.29, 0.717) is 6.42 Å². The number of nitrogen functional groups attached to an aromatic ring is 1. The van der Waals surface area contributed by atoms with E-state index >= 15 is 0 Å². The summed E-state index contributed by atoms with van der Waals surface area (Å²) in [6, 6.07) is 11.9. The number of rotatable bonds is 3. The fourth-order valence-electron chi connectivity index (χ4n) is 2.18. The highest BCUT2D eigenvalue weighted by Crippen LogP contribution is 2.17. The third kappa shape index (κ3) is 2.15. The minimum absolute atomic E-state index is 0.681. The lowest BCUT2D eigenvalue weighted by molar-refractivity contribution is 0.832. The van der Waals surface area contributed by atoms with Crippen LogP contribution in [-0.2, 0) is 13.5 Å². The highest BCUT2D eigenvalue weighted by atomic mass is 15.2. The number of hydrazine groups is 1. The van der Waals surface area contributed by atoms with Gasteiger partial charge >= 0.3 is 0 Å². The van der Waals surface area contributed by atoms with E-state index in [2.05, 4.69) is 26.0 Å². The number of hydrogen-bond acceptors (Lipinski definition) is 4. The summed E-state index contributed by atoms with van der Waals surface area (Å²) in [6.45, 7) is 0. The Balaban J connectivity index is 1.98. The van der Waals surface area contributed by atoms with Crippen molar-refractivity contribution in [3.05, 3.63) is 54.1 Å². The van der Waals surface area contributed by atoms with Crippen molar-refractivity contribution >= 4 is 16.7 Å². The van der Waals surface area contributed by atoms with Crippen molar-refractivity contribution in [2.24, 2.45) is 12.9 Å². The normalized spacial score (nSPS) is 10.8. The van der Waals surface area contributed by atoms with Crippen molar-refractivity contribution in [1.82, 2.24) is 14.5 Å². The predicted octanol–water partition coefficient (Wildman–Crippen LogP) is 1.84. The Bertz CT molecular complexity index is 717. The monoisotopic (exact) mass is 253 g/mol. The molecule has 2 aromatic heterocycles. The molecule has 0 bridgehead atoms. The van der Waals surface area contributed by atoms with E-state index < -0.39 is 0 Å². The van der Waals surface area contributed by atoms with Crippen LogP contribution in [0.3, 0.4) is 0 Å². The number of aryl methyl sites for hydroxylation is 1. The maximum absolute atomic E-state index is 5.40. The molecule has 0 radical (unpaired) electrons. The van der Waals surface area contributed by atoms with E-state index in [1.807, 2.05) is 37.4 Å². The van der Waals surface area contributed by atoms with Crippen LogP contribution in [-0.4, -0.2) is 14.5 Å². The van der Waals surface area contributed by atoms with Gasteiger partial charge in [0, 0.05) is 25.4 Å². The first kappa shape index (κ1) is 11.7. The van der Waals surface area contributed by atoms with Crippen molar-refractivity contribution in [2.75, 3.05) is 5.43 Å². The summed E-state index contributed by atoms with van der Waals surface area (Å²) < 4.78 is 2.10. The molecule has 0 amide bonds. The average Bonchev–Trinajstić information content (AvgIpc) is 2.76. The highest BCUT2D eigenvalue weighted by Gasteiger charge is 2.08. The summed E-state index contributed by atoms with van der Waals surface area (Å²) in [4.78, 5) is 8.98. The molecule has 0 spiro atoms. The number of nitrogens with two attached hydrogens (primary N) is 1. The number of anilines is 1. The molecule has 3 N–H and O–H groups in total. The minimum Gasteiger partial charge on any atom is -0.331 e. The lowest BCUT2D eigenvalue weighted by Gasteiger charge is -2.04. The number of nitrogens with one attached hydrogen (secondary N) is 1. The van der Waals surface area contributed by atoms with Gasteiger partial charge in [0.05, 0.1) is 16.7 Å². The van der Waals surface area contributed by atoms with Crippen LogP contribution in [0.5, 0.6) is 0 Å². The Morgan fingerprint density at radius 2 is 2.11 bits per heavy atom. The zero-order chi connectivity index (χ0) is 13.2. The summed E-state index contributed by atoms with van der Waals surface area (Å²) in [7, 11) is 2.02. The van der Waals surface area contributed by atoms with Crippen molar-refractivity contribution < 1.29 is 0 Å². The quantitative estimate of drug-likeness (QED) is 0.552. The van der Waals surface area contributed by atoms with E-state index in [9.17, 15) is 0 Å². The van der Waals surface area contributed by atoms with Gasteiger partial charge < -0.3 is 9.99 Å². The highest BCUT2D eigenvalue weighted by molar-refractivity contribution is 5.75.